The molecule has 4 nitrogen and oxygen atoms in total. The Morgan fingerprint density at radius 1 is 1.00 bits per heavy atom. The van der Waals surface area contributed by atoms with Gasteiger partial charge in [-0.2, -0.15) is 0 Å². The van der Waals surface area contributed by atoms with Gasteiger partial charge in [-0.3, -0.25) is 4.79 Å². The predicted molar refractivity (Wildman–Crippen MR) is 140 cm³/mol. The lowest BCUT2D eigenvalue weighted by Gasteiger charge is -2.32. The smallest absolute Gasteiger partial charge is 0.185 e. The first-order valence-electron chi connectivity index (χ1n) is 12.1. The molecular weight excluding hydrogens is 410 g/mol. The molecule has 0 aromatic heterocycles. The SMILES string of the molecule is CCCOc1c(C(C)(C)CC)cc(C(C)(C)CC)c(O)c1C=CC(=O)c1ccc(NC)cc1. The molecule has 2 N–H and O–H groups in total. The fourth-order valence-corrected chi connectivity index (χ4v) is 3.65. The van der Waals surface area contributed by atoms with Gasteiger partial charge >= 0.3 is 0 Å². The van der Waals surface area contributed by atoms with Crippen LogP contribution < -0.4 is 10.1 Å². The summed E-state index contributed by atoms with van der Waals surface area (Å²) in [7, 11) is 1.84. The van der Waals surface area contributed by atoms with Crippen LogP contribution in [-0.2, 0) is 10.8 Å². The van der Waals surface area contributed by atoms with Gasteiger partial charge in [0.25, 0.3) is 0 Å². The Labute approximate surface area is 200 Å². The van der Waals surface area contributed by atoms with Crippen LogP contribution in [0.5, 0.6) is 11.5 Å². The van der Waals surface area contributed by atoms with E-state index in [0.717, 1.165) is 36.1 Å². The van der Waals surface area contributed by atoms with Crippen molar-refractivity contribution in [2.24, 2.45) is 0 Å². The largest absolute Gasteiger partial charge is 0.507 e. The molecule has 0 unspecified atom stereocenters. The third kappa shape index (κ3) is 5.98. The third-order valence-corrected chi connectivity index (χ3v) is 6.82. The van der Waals surface area contributed by atoms with Crippen molar-refractivity contribution in [3.8, 4) is 11.5 Å². The average Bonchev–Trinajstić information content (AvgIpc) is 2.81. The molecule has 0 saturated carbocycles. The van der Waals surface area contributed by atoms with Gasteiger partial charge in [-0.1, -0.05) is 48.5 Å². The molecule has 0 saturated heterocycles. The molecule has 0 fully saturated rings. The fourth-order valence-electron chi connectivity index (χ4n) is 3.65. The van der Waals surface area contributed by atoms with E-state index in [1.165, 1.54) is 6.08 Å². The summed E-state index contributed by atoms with van der Waals surface area (Å²) in [4.78, 5) is 12.9. The summed E-state index contributed by atoms with van der Waals surface area (Å²) in [5.41, 5.74) is 3.71. The van der Waals surface area contributed by atoms with Gasteiger partial charge in [-0.05, 0) is 72.6 Å². The van der Waals surface area contributed by atoms with Crippen molar-refractivity contribution in [3.05, 3.63) is 58.7 Å². The van der Waals surface area contributed by atoms with Gasteiger partial charge in [-0.25, -0.2) is 0 Å². The van der Waals surface area contributed by atoms with Crippen molar-refractivity contribution >= 4 is 17.5 Å². The molecule has 180 valence electrons. The van der Waals surface area contributed by atoms with Crippen LogP contribution in [0.15, 0.2) is 36.4 Å². The average molecular weight is 452 g/mol. The molecule has 4 heteroatoms. The van der Waals surface area contributed by atoms with Gasteiger partial charge in [0.05, 0.1) is 12.2 Å². The predicted octanol–water partition coefficient (Wildman–Crippen LogP) is 7.49. The van der Waals surface area contributed by atoms with Crippen LogP contribution in [0, 0.1) is 0 Å². The Hall–Kier alpha value is -2.75. The van der Waals surface area contributed by atoms with Crippen LogP contribution in [-0.4, -0.2) is 24.5 Å². The number of carbonyl (C=O) groups is 1. The Morgan fingerprint density at radius 3 is 2.09 bits per heavy atom. The van der Waals surface area contributed by atoms with Gasteiger partial charge in [0.2, 0.25) is 0 Å². The van der Waals surface area contributed by atoms with Crippen molar-refractivity contribution < 1.29 is 14.6 Å². The van der Waals surface area contributed by atoms with Gasteiger partial charge in [0.15, 0.2) is 5.78 Å². The molecule has 0 atom stereocenters. The molecule has 2 aromatic rings. The molecule has 33 heavy (non-hydrogen) atoms. The first-order chi connectivity index (χ1) is 15.5. The van der Waals surface area contributed by atoms with Gasteiger partial charge in [0, 0.05) is 29.4 Å². The van der Waals surface area contributed by atoms with E-state index in [1.807, 2.05) is 19.2 Å². The highest BCUT2D eigenvalue weighted by molar-refractivity contribution is 6.07. The quantitative estimate of drug-likeness (QED) is 0.274. The van der Waals surface area contributed by atoms with E-state index in [-0.39, 0.29) is 22.4 Å². The van der Waals surface area contributed by atoms with E-state index in [4.69, 9.17) is 4.74 Å². The summed E-state index contributed by atoms with van der Waals surface area (Å²) in [6, 6.07) is 9.47. The molecule has 2 aromatic carbocycles. The second-order valence-corrected chi connectivity index (χ2v) is 9.91. The number of rotatable bonds is 11. The minimum absolute atomic E-state index is 0.116. The number of ketones is 1. The Balaban J connectivity index is 2.70. The Bertz CT molecular complexity index is 985. The number of hydrogen-bond acceptors (Lipinski definition) is 4. The van der Waals surface area contributed by atoms with Crippen molar-refractivity contribution in [3.63, 3.8) is 0 Å². The Kier molecular flexibility index (Phi) is 8.76. The van der Waals surface area contributed by atoms with E-state index >= 15 is 0 Å². The normalized spacial score (nSPS) is 12.2. The molecular formula is C29H41NO3. The molecule has 0 aliphatic heterocycles. The number of ether oxygens (including phenoxy) is 1. The van der Waals surface area contributed by atoms with E-state index in [9.17, 15) is 9.90 Å². The number of hydrogen-bond donors (Lipinski definition) is 2. The zero-order valence-electron chi connectivity index (χ0n) is 21.6. The minimum atomic E-state index is -0.221. The summed E-state index contributed by atoms with van der Waals surface area (Å²) < 4.78 is 6.23. The van der Waals surface area contributed by atoms with Crippen LogP contribution in [0.1, 0.15) is 94.8 Å². The van der Waals surface area contributed by atoms with Gasteiger partial charge < -0.3 is 15.2 Å². The summed E-state index contributed by atoms with van der Waals surface area (Å²) in [6.07, 6.45) is 5.91. The second kappa shape index (κ2) is 10.9. The third-order valence-electron chi connectivity index (χ3n) is 6.82. The molecule has 0 spiro atoms. The Morgan fingerprint density at radius 2 is 1.58 bits per heavy atom. The van der Waals surface area contributed by atoms with Crippen molar-refractivity contribution in [1.82, 2.24) is 0 Å². The van der Waals surface area contributed by atoms with Gasteiger partial charge in [0.1, 0.15) is 11.5 Å². The van der Waals surface area contributed by atoms with E-state index in [1.54, 1.807) is 18.2 Å². The highest BCUT2D eigenvalue weighted by Gasteiger charge is 2.32. The fraction of sp³-hybridized carbons (Fsp3) is 0.483. The van der Waals surface area contributed by atoms with Crippen LogP contribution in [0.2, 0.25) is 0 Å². The number of carbonyl (C=O) groups excluding carboxylic acids is 1. The molecule has 0 radical (unpaired) electrons. The highest BCUT2D eigenvalue weighted by atomic mass is 16.5. The van der Waals surface area contributed by atoms with Crippen LogP contribution in [0.4, 0.5) is 5.69 Å². The number of phenolic OH excluding ortho intramolecular Hbond substituents is 1. The monoisotopic (exact) mass is 451 g/mol. The van der Waals surface area contributed by atoms with Crippen molar-refractivity contribution in [1.29, 1.82) is 0 Å². The van der Waals surface area contributed by atoms with Crippen LogP contribution >= 0.6 is 0 Å². The lowest BCUT2D eigenvalue weighted by molar-refractivity contribution is 0.104. The number of nitrogens with one attached hydrogen (secondary N) is 1. The molecule has 0 aliphatic carbocycles. The number of phenols is 1. The maximum absolute atomic E-state index is 12.9. The van der Waals surface area contributed by atoms with Crippen molar-refractivity contribution in [2.45, 2.75) is 78.6 Å². The zero-order valence-corrected chi connectivity index (χ0v) is 21.6. The summed E-state index contributed by atoms with van der Waals surface area (Å²) >= 11 is 0. The molecule has 0 aliphatic rings. The molecule has 0 heterocycles. The lowest BCUT2D eigenvalue weighted by atomic mass is 9.74. The van der Waals surface area contributed by atoms with Crippen LogP contribution in [0.3, 0.4) is 0 Å². The standard InChI is InChI=1S/C29H41NO3/c1-9-18-33-27-22(16-17-25(31)20-12-14-21(30-8)15-13-20)26(32)23(28(4,5)10-2)19-24(27)29(6,7)11-3/h12-17,19,30,32H,9-11,18H2,1-8H3. The maximum Gasteiger partial charge on any atom is 0.185 e. The van der Waals surface area contributed by atoms with Gasteiger partial charge in [-0.15, -0.1) is 0 Å². The van der Waals surface area contributed by atoms with Crippen molar-refractivity contribution in [2.75, 3.05) is 19.0 Å². The minimum Gasteiger partial charge on any atom is -0.507 e. The zero-order chi connectivity index (χ0) is 24.8. The summed E-state index contributed by atoms with van der Waals surface area (Å²) in [6.45, 7) is 15.6. The molecule has 2 rings (SSSR count). The van der Waals surface area contributed by atoms with E-state index in [2.05, 4.69) is 59.8 Å². The molecule has 0 amide bonds. The first kappa shape index (κ1) is 26.5. The van der Waals surface area contributed by atoms with E-state index < -0.39 is 0 Å². The number of aromatic hydroxyl groups is 1. The topological polar surface area (TPSA) is 58.6 Å². The highest BCUT2D eigenvalue weighted by Crippen LogP contribution is 2.47. The summed E-state index contributed by atoms with van der Waals surface area (Å²) in [5.74, 6) is 0.750. The summed E-state index contributed by atoms with van der Waals surface area (Å²) in [5, 5.41) is 14.5. The second-order valence-electron chi connectivity index (χ2n) is 9.91. The van der Waals surface area contributed by atoms with Crippen LogP contribution in [0.25, 0.3) is 6.08 Å². The maximum atomic E-state index is 12.9. The lowest BCUT2D eigenvalue weighted by Crippen LogP contribution is -2.22. The number of benzene rings is 2. The number of anilines is 1. The first-order valence-corrected chi connectivity index (χ1v) is 12.1. The van der Waals surface area contributed by atoms with E-state index in [0.29, 0.717) is 23.5 Å². The number of allylic oxidation sites excluding steroid dienone is 1. The molecule has 0 bridgehead atoms.